The Kier molecular flexibility index (Phi) is 5.64. The summed E-state index contributed by atoms with van der Waals surface area (Å²) in [6, 6.07) is 12.4. The van der Waals surface area contributed by atoms with Crippen molar-refractivity contribution in [2.75, 3.05) is 14.1 Å². The van der Waals surface area contributed by atoms with Crippen molar-refractivity contribution < 1.29 is 18.6 Å². The van der Waals surface area contributed by atoms with Crippen molar-refractivity contribution in [3.63, 3.8) is 0 Å². The van der Waals surface area contributed by atoms with Crippen molar-refractivity contribution in [3.8, 4) is 0 Å². The number of fused-ring (bicyclic) bond motifs is 1. The van der Waals surface area contributed by atoms with E-state index in [1.807, 2.05) is 24.3 Å². The lowest BCUT2D eigenvalue weighted by atomic mass is 10.1. The highest BCUT2D eigenvalue weighted by Crippen LogP contribution is 2.21. The van der Waals surface area contributed by atoms with Gasteiger partial charge >= 0.3 is 12.0 Å². The van der Waals surface area contributed by atoms with Crippen LogP contribution in [0.15, 0.2) is 63.1 Å². The summed E-state index contributed by atoms with van der Waals surface area (Å²) in [6.07, 6.45) is 1.52. The molecule has 158 valence electrons. The van der Waals surface area contributed by atoms with Crippen molar-refractivity contribution in [2.24, 2.45) is 10.1 Å². The lowest BCUT2D eigenvalue weighted by Gasteiger charge is -2.31. The number of imide groups is 1. The summed E-state index contributed by atoms with van der Waals surface area (Å²) in [7, 11) is 3.03. The zero-order valence-corrected chi connectivity index (χ0v) is 18.4. The summed E-state index contributed by atoms with van der Waals surface area (Å²) in [6.45, 7) is 0.368. The third-order valence-corrected chi connectivity index (χ3v) is 5.51. The number of amidine groups is 1. The van der Waals surface area contributed by atoms with Crippen molar-refractivity contribution in [1.82, 2.24) is 15.2 Å². The first kappa shape index (κ1) is 20.9. The highest BCUT2D eigenvalue weighted by molar-refractivity contribution is 9.10. The van der Waals surface area contributed by atoms with Gasteiger partial charge in [-0.25, -0.2) is 13.8 Å². The molecule has 2 aliphatic heterocycles. The number of urea groups is 1. The van der Waals surface area contributed by atoms with Gasteiger partial charge in [0, 0.05) is 18.6 Å². The minimum absolute atomic E-state index is 0.332. The summed E-state index contributed by atoms with van der Waals surface area (Å²) < 4.78 is 15.8. The number of carbonyl (C=O) groups is 2. The van der Waals surface area contributed by atoms with Crippen molar-refractivity contribution in [3.05, 3.63) is 69.9 Å². The van der Waals surface area contributed by atoms with E-state index in [0.717, 1.165) is 14.9 Å². The smallest absolute Gasteiger partial charge is 0.270 e. The van der Waals surface area contributed by atoms with Gasteiger partial charge in [-0.2, -0.15) is 5.43 Å². The molecule has 31 heavy (non-hydrogen) atoms. The quantitative estimate of drug-likeness (QED) is 0.410. The first-order valence-electron chi connectivity index (χ1n) is 9.41. The fraction of sp³-hybridized carbons (Fsp3) is 0.190. The molecule has 1 atom stereocenters. The Morgan fingerprint density at radius 1 is 1.19 bits per heavy atom. The summed E-state index contributed by atoms with van der Waals surface area (Å²) in [5.74, 6) is -0.0262. The zero-order chi connectivity index (χ0) is 22.1. The van der Waals surface area contributed by atoms with Crippen LogP contribution in [0, 0.1) is 5.82 Å². The molecule has 1 fully saturated rings. The van der Waals surface area contributed by atoms with Gasteiger partial charge in [0.2, 0.25) is 11.9 Å². The van der Waals surface area contributed by atoms with Crippen LogP contribution in [-0.4, -0.2) is 64.5 Å². The topological polar surface area (TPSA) is 80.4 Å². The maximum Gasteiger partial charge on any atom is 0.414 e. The average Bonchev–Trinajstić information content (AvgIpc) is 3.10. The third-order valence-electron chi connectivity index (χ3n) is 5.02. The first-order chi connectivity index (χ1) is 14.8. The molecule has 0 spiro atoms. The second kappa shape index (κ2) is 8.38. The summed E-state index contributed by atoms with van der Waals surface area (Å²) in [5.41, 5.74) is 4.51. The van der Waals surface area contributed by atoms with Crippen LogP contribution in [0.3, 0.4) is 0 Å². The van der Waals surface area contributed by atoms with E-state index in [0.29, 0.717) is 23.9 Å². The first-order valence-corrected chi connectivity index (χ1v) is 10.2. The number of amides is 3. The molecule has 0 aliphatic carbocycles. The highest BCUT2D eigenvalue weighted by Gasteiger charge is 2.51. The number of guanidine groups is 1. The van der Waals surface area contributed by atoms with E-state index >= 15 is 0 Å². The van der Waals surface area contributed by atoms with E-state index in [2.05, 4.69) is 31.4 Å². The maximum atomic E-state index is 13.1. The molecule has 0 aromatic heterocycles. The van der Waals surface area contributed by atoms with Crippen LogP contribution in [0.1, 0.15) is 11.1 Å². The van der Waals surface area contributed by atoms with E-state index in [1.54, 1.807) is 23.8 Å². The Hall–Kier alpha value is -3.40. The molecule has 4 rings (SSSR count). The lowest BCUT2D eigenvalue weighted by molar-refractivity contribution is -0.553. The predicted octanol–water partition coefficient (Wildman–Crippen LogP) is 2.38. The van der Waals surface area contributed by atoms with Gasteiger partial charge in [0.25, 0.3) is 5.91 Å². The number of hydrazone groups is 1. The third kappa shape index (κ3) is 4.11. The fourth-order valence-electron chi connectivity index (χ4n) is 3.40. The normalized spacial score (nSPS) is 18.7. The Labute approximate surface area is 186 Å². The number of aliphatic imine (C=N–C) groups is 1. The van der Waals surface area contributed by atoms with Gasteiger partial charge in [0.1, 0.15) is 5.82 Å². The van der Waals surface area contributed by atoms with Gasteiger partial charge in [0.05, 0.1) is 12.8 Å². The van der Waals surface area contributed by atoms with Crippen LogP contribution in [0.5, 0.6) is 0 Å². The molecule has 1 saturated heterocycles. The molecule has 0 saturated carbocycles. The maximum absolute atomic E-state index is 13.1. The van der Waals surface area contributed by atoms with Crippen molar-refractivity contribution >= 4 is 45.9 Å². The van der Waals surface area contributed by atoms with Gasteiger partial charge < -0.3 is 0 Å². The van der Waals surface area contributed by atoms with Crippen LogP contribution in [0.2, 0.25) is 0 Å². The predicted molar refractivity (Wildman–Crippen MR) is 117 cm³/mol. The Balaban J connectivity index is 1.68. The van der Waals surface area contributed by atoms with Crippen LogP contribution in [0.25, 0.3) is 0 Å². The number of carbonyl (C=O) groups excluding carboxylic acids is 2. The Morgan fingerprint density at radius 3 is 2.65 bits per heavy atom. The molecular formula is C21H19BrFN6O2+. The Bertz CT molecular complexity index is 1140. The van der Waals surface area contributed by atoms with Gasteiger partial charge in [-0.1, -0.05) is 45.2 Å². The highest BCUT2D eigenvalue weighted by atomic mass is 79.9. The molecular weight excluding hydrogens is 467 g/mol. The second-order valence-electron chi connectivity index (χ2n) is 7.11. The molecule has 3 amide bonds. The molecule has 0 bridgehead atoms. The number of halogens is 2. The van der Waals surface area contributed by atoms with E-state index in [1.165, 1.54) is 30.3 Å². The molecule has 1 unspecified atom stereocenters. The number of hydrogen-bond acceptors (Lipinski definition) is 5. The summed E-state index contributed by atoms with van der Waals surface area (Å²) in [5, 5.41) is 4.19. The number of benzene rings is 2. The number of nitrogens with zero attached hydrogens (tertiary/aromatic N) is 5. The molecule has 2 heterocycles. The zero-order valence-electron chi connectivity index (χ0n) is 16.8. The van der Waals surface area contributed by atoms with Crippen molar-refractivity contribution in [2.45, 2.75) is 12.6 Å². The standard InChI is InChI=1S/C21H18BrFN6O2/c1-27-18-17(19(30)28(2)21(27)31)29(12-14-4-3-5-15(22)10-14)20(25-18)26-24-11-13-6-8-16(23)9-7-13/h3-11,17H,12H2,1-2H3/p+1/b24-11+. The average molecular weight is 486 g/mol. The van der Waals surface area contributed by atoms with Crippen molar-refractivity contribution in [1.29, 1.82) is 0 Å². The molecule has 2 aromatic rings. The second-order valence-corrected chi connectivity index (χ2v) is 8.03. The van der Waals surface area contributed by atoms with Gasteiger partial charge in [0.15, 0.2) is 0 Å². The number of rotatable bonds is 4. The Morgan fingerprint density at radius 2 is 1.94 bits per heavy atom. The molecule has 2 aromatic carbocycles. The van der Waals surface area contributed by atoms with Crippen LogP contribution in [-0.2, 0) is 11.3 Å². The fourth-order valence-corrected chi connectivity index (χ4v) is 3.85. The number of likely N-dealkylation sites (N-methyl/N-ethyl adjacent to an activating group) is 2. The molecule has 2 aliphatic rings. The van der Waals surface area contributed by atoms with Gasteiger partial charge in [-0.05, 0) is 35.4 Å². The number of nitrogens with one attached hydrogen (secondary N) is 1. The van der Waals surface area contributed by atoms with Crippen LogP contribution < -0.4 is 5.43 Å². The monoisotopic (exact) mass is 485 g/mol. The molecule has 10 heteroatoms. The van der Waals surface area contributed by atoms with E-state index in [4.69, 9.17) is 0 Å². The summed E-state index contributed by atoms with van der Waals surface area (Å²) in [4.78, 5) is 32.2. The molecule has 8 nitrogen and oxygen atoms in total. The van der Waals surface area contributed by atoms with Crippen LogP contribution >= 0.6 is 15.9 Å². The largest absolute Gasteiger partial charge is 0.414 e. The van der Waals surface area contributed by atoms with E-state index in [-0.39, 0.29) is 11.7 Å². The minimum Gasteiger partial charge on any atom is -0.270 e. The minimum atomic E-state index is -0.754. The van der Waals surface area contributed by atoms with E-state index < -0.39 is 12.1 Å². The lowest BCUT2D eigenvalue weighted by Crippen LogP contribution is -2.61. The SMILES string of the molecule is CN1C(=O)C2C(=NC(N/N=C/c3ccc(F)cc3)=[N+]2Cc2cccc(Br)c2)N(C)C1=O. The number of hydrogen-bond donors (Lipinski definition) is 1. The summed E-state index contributed by atoms with van der Waals surface area (Å²) >= 11 is 3.46. The van der Waals surface area contributed by atoms with Gasteiger partial charge in [-0.3, -0.25) is 14.6 Å². The molecule has 0 radical (unpaired) electrons. The molecule has 1 N–H and O–H groups in total. The van der Waals surface area contributed by atoms with Crippen LogP contribution in [0.4, 0.5) is 9.18 Å². The van der Waals surface area contributed by atoms with Gasteiger partial charge in [-0.15, -0.1) is 5.10 Å². The van der Waals surface area contributed by atoms with E-state index in [9.17, 15) is 14.0 Å².